The van der Waals surface area contributed by atoms with Crippen molar-refractivity contribution >= 4 is 29.9 Å². The Bertz CT molecular complexity index is 974. The molecule has 0 unspecified atom stereocenters. The summed E-state index contributed by atoms with van der Waals surface area (Å²) in [7, 11) is 1.97. The van der Waals surface area contributed by atoms with Crippen molar-refractivity contribution in [2.75, 3.05) is 13.2 Å². The fourth-order valence-corrected chi connectivity index (χ4v) is 3.03. The Kier molecular flexibility index (Phi) is 11.0. The normalized spacial score (nSPS) is 11.0. The van der Waals surface area contributed by atoms with Gasteiger partial charge in [0.2, 0.25) is 0 Å². The van der Waals surface area contributed by atoms with E-state index >= 15 is 0 Å². The monoisotopic (exact) mass is 548 g/mol. The zero-order chi connectivity index (χ0) is 21.9. The number of rotatable bonds is 10. The topological polar surface area (TPSA) is 76.4 Å². The highest BCUT2D eigenvalue weighted by atomic mass is 127. The maximum Gasteiger partial charge on any atom is 0.191 e. The van der Waals surface area contributed by atoms with E-state index in [1.165, 1.54) is 11.1 Å². The molecule has 0 saturated heterocycles. The van der Waals surface area contributed by atoms with Crippen LogP contribution in [0.4, 0.5) is 0 Å². The minimum absolute atomic E-state index is 0. The second-order valence-corrected chi connectivity index (χ2v) is 7.40. The maximum atomic E-state index is 5.74. The summed E-state index contributed by atoms with van der Waals surface area (Å²) in [6.07, 6.45) is 1.88. The first-order valence-corrected chi connectivity index (χ1v) is 10.8. The van der Waals surface area contributed by atoms with Crippen molar-refractivity contribution in [3.8, 4) is 5.75 Å². The molecule has 0 atom stereocenters. The van der Waals surface area contributed by atoms with Gasteiger partial charge in [0, 0.05) is 13.6 Å². The van der Waals surface area contributed by atoms with Crippen molar-refractivity contribution in [3.05, 3.63) is 77.4 Å². The van der Waals surface area contributed by atoms with Crippen molar-refractivity contribution in [2.24, 2.45) is 12.0 Å². The number of halogens is 1. The van der Waals surface area contributed by atoms with Crippen LogP contribution in [0.25, 0.3) is 0 Å². The van der Waals surface area contributed by atoms with Crippen molar-refractivity contribution in [2.45, 2.75) is 39.8 Å². The van der Waals surface area contributed by atoms with E-state index in [4.69, 9.17) is 9.73 Å². The van der Waals surface area contributed by atoms with E-state index < -0.39 is 0 Å². The van der Waals surface area contributed by atoms with Gasteiger partial charge >= 0.3 is 0 Å². The van der Waals surface area contributed by atoms with Crippen LogP contribution in [-0.4, -0.2) is 33.9 Å². The molecular weight excluding hydrogens is 515 g/mol. The Hall–Kier alpha value is -2.62. The fourth-order valence-electron chi connectivity index (χ4n) is 3.03. The van der Waals surface area contributed by atoms with Gasteiger partial charge in [-0.15, -0.1) is 34.2 Å². The minimum atomic E-state index is 0. The number of hydrogen-bond acceptors (Lipinski definition) is 4. The molecule has 2 aromatic carbocycles. The van der Waals surface area contributed by atoms with E-state index in [9.17, 15) is 0 Å². The van der Waals surface area contributed by atoms with E-state index in [0.717, 1.165) is 49.4 Å². The standard InChI is InChI=1S/C24H32N6O.HI/c1-4-15-31-22-12-8-11-20(16-22)13-14-25-24(26-17-21-9-6-5-7-10-21)27-18-23-29-28-19(2)30(23)3;/h5-12,16H,4,13-15,17-18H2,1-3H3,(H2,25,26,27);1H. The quantitative estimate of drug-likeness (QED) is 0.228. The second kappa shape index (κ2) is 13.7. The zero-order valence-electron chi connectivity index (χ0n) is 19.0. The third kappa shape index (κ3) is 8.14. The van der Waals surface area contributed by atoms with Crippen molar-refractivity contribution in [3.63, 3.8) is 0 Å². The molecule has 0 aliphatic heterocycles. The van der Waals surface area contributed by atoms with Crippen LogP contribution in [0.2, 0.25) is 0 Å². The number of nitrogens with zero attached hydrogens (tertiary/aromatic N) is 4. The van der Waals surface area contributed by atoms with Gasteiger partial charge in [-0.3, -0.25) is 0 Å². The lowest BCUT2D eigenvalue weighted by Gasteiger charge is -2.13. The average Bonchev–Trinajstić information content (AvgIpc) is 3.12. The van der Waals surface area contributed by atoms with E-state index in [2.05, 4.69) is 52.0 Å². The molecule has 3 aromatic rings. The molecular formula is C24H33IN6O. The molecule has 0 fully saturated rings. The Balaban J connectivity index is 0.00000363. The summed E-state index contributed by atoms with van der Waals surface area (Å²) in [5.74, 6) is 3.43. The van der Waals surface area contributed by atoms with Gasteiger partial charge in [0.1, 0.15) is 11.6 Å². The van der Waals surface area contributed by atoms with Gasteiger partial charge in [-0.25, -0.2) is 4.99 Å². The van der Waals surface area contributed by atoms with Gasteiger partial charge in [-0.1, -0.05) is 49.4 Å². The maximum absolute atomic E-state index is 5.74. The molecule has 172 valence electrons. The number of nitrogens with one attached hydrogen (secondary N) is 2. The smallest absolute Gasteiger partial charge is 0.191 e. The van der Waals surface area contributed by atoms with E-state index in [0.29, 0.717) is 13.1 Å². The van der Waals surface area contributed by atoms with Crippen LogP contribution in [0.1, 0.15) is 36.1 Å². The van der Waals surface area contributed by atoms with Gasteiger partial charge in [-0.05, 0) is 43.0 Å². The first kappa shape index (κ1) is 25.6. The van der Waals surface area contributed by atoms with Crippen molar-refractivity contribution < 1.29 is 4.74 Å². The van der Waals surface area contributed by atoms with Gasteiger partial charge in [0.15, 0.2) is 11.8 Å². The first-order chi connectivity index (χ1) is 15.2. The molecule has 32 heavy (non-hydrogen) atoms. The number of aliphatic imine (C=N–C) groups is 1. The molecule has 0 aliphatic carbocycles. The Morgan fingerprint density at radius 1 is 1.03 bits per heavy atom. The SMILES string of the molecule is CCCOc1cccc(CCNC(=NCc2ccccc2)NCc2nnc(C)n2C)c1.I. The molecule has 7 nitrogen and oxygen atoms in total. The van der Waals surface area contributed by atoms with E-state index in [1.807, 2.05) is 48.9 Å². The van der Waals surface area contributed by atoms with Gasteiger partial charge < -0.3 is 19.9 Å². The molecule has 0 aliphatic rings. The van der Waals surface area contributed by atoms with Crippen LogP contribution < -0.4 is 15.4 Å². The summed E-state index contributed by atoms with van der Waals surface area (Å²) in [4.78, 5) is 4.75. The molecule has 1 aromatic heterocycles. The largest absolute Gasteiger partial charge is 0.494 e. The lowest BCUT2D eigenvalue weighted by Crippen LogP contribution is -2.38. The summed E-state index contributed by atoms with van der Waals surface area (Å²) in [6, 6.07) is 18.5. The average molecular weight is 548 g/mol. The summed E-state index contributed by atoms with van der Waals surface area (Å²) in [5, 5.41) is 15.2. The predicted molar refractivity (Wildman–Crippen MR) is 140 cm³/mol. The number of hydrogen-bond donors (Lipinski definition) is 2. The number of ether oxygens (including phenoxy) is 1. The van der Waals surface area contributed by atoms with Crippen LogP contribution in [0.3, 0.4) is 0 Å². The zero-order valence-corrected chi connectivity index (χ0v) is 21.4. The van der Waals surface area contributed by atoms with Crippen LogP contribution in [0.15, 0.2) is 59.6 Å². The molecule has 8 heteroatoms. The first-order valence-electron chi connectivity index (χ1n) is 10.8. The highest BCUT2D eigenvalue weighted by Crippen LogP contribution is 2.13. The van der Waals surface area contributed by atoms with Gasteiger partial charge in [0.05, 0.1) is 19.7 Å². The summed E-state index contributed by atoms with van der Waals surface area (Å²) >= 11 is 0. The Morgan fingerprint density at radius 2 is 1.81 bits per heavy atom. The molecule has 1 heterocycles. The summed E-state index contributed by atoms with van der Waals surface area (Å²) in [6.45, 7) is 6.71. The number of aryl methyl sites for hydroxylation is 1. The number of benzene rings is 2. The van der Waals surface area contributed by atoms with Crippen molar-refractivity contribution in [1.82, 2.24) is 25.4 Å². The Morgan fingerprint density at radius 3 is 2.53 bits per heavy atom. The number of aromatic nitrogens is 3. The van der Waals surface area contributed by atoms with Gasteiger partial charge in [-0.2, -0.15) is 0 Å². The molecule has 0 spiro atoms. The van der Waals surface area contributed by atoms with Gasteiger partial charge in [0.25, 0.3) is 0 Å². The van der Waals surface area contributed by atoms with Crippen LogP contribution in [0.5, 0.6) is 5.75 Å². The van der Waals surface area contributed by atoms with E-state index in [1.54, 1.807) is 0 Å². The second-order valence-electron chi connectivity index (χ2n) is 7.40. The fraction of sp³-hybridized carbons (Fsp3) is 0.375. The highest BCUT2D eigenvalue weighted by molar-refractivity contribution is 14.0. The highest BCUT2D eigenvalue weighted by Gasteiger charge is 2.07. The predicted octanol–water partition coefficient (Wildman–Crippen LogP) is 4.01. The molecule has 0 radical (unpaired) electrons. The van der Waals surface area contributed by atoms with Crippen molar-refractivity contribution in [1.29, 1.82) is 0 Å². The lowest BCUT2D eigenvalue weighted by molar-refractivity contribution is 0.317. The molecule has 2 N–H and O–H groups in total. The van der Waals surface area contributed by atoms with Crippen LogP contribution in [0, 0.1) is 6.92 Å². The Labute approximate surface area is 207 Å². The lowest BCUT2D eigenvalue weighted by atomic mass is 10.1. The molecule has 3 rings (SSSR count). The van der Waals surface area contributed by atoms with Crippen LogP contribution in [-0.2, 0) is 26.6 Å². The van der Waals surface area contributed by atoms with E-state index in [-0.39, 0.29) is 24.0 Å². The summed E-state index contributed by atoms with van der Waals surface area (Å²) < 4.78 is 7.72. The molecule has 0 bridgehead atoms. The third-order valence-corrected chi connectivity index (χ3v) is 4.94. The number of guanidine groups is 1. The molecule has 0 amide bonds. The summed E-state index contributed by atoms with van der Waals surface area (Å²) in [5.41, 5.74) is 2.39. The third-order valence-electron chi connectivity index (χ3n) is 4.94. The minimum Gasteiger partial charge on any atom is -0.494 e. The molecule has 0 saturated carbocycles. The van der Waals surface area contributed by atoms with Crippen LogP contribution >= 0.6 is 24.0 Å².